The van der Waals surface area contributed by atoms with E-state index in [1.165, 1.54) is 5.56 Å². The minimum absolute atomic E-state index is 0.848. The van der Waals surface area contributed by atoms with Crippen molar-refractivity contribution in [1.29, 1.82) is 0 Å². The van der Waals surface area contributed by atoms with E-state index in [9.17, 15) is 0 Å². The summed E-state index contributed by atoms with van der Waals surface area (Å²) in [6.45, 7) is 2.05. The van der Waals surface area contributed by atoms with Crippen LogP contribution in [-0.4, -0.2) is 9.97 Å². The summed E-state index contributed by atoms with van der Waals surface area (Å²) < 4.78 is 0. The first-order chi connectivity index (χ1) is 7.77. The highest BCUT2D eigenvalue weighted by Gasteiger charge is 2.02. The first-order valence-electron chi connectivity index (χ1n) is 5.00. The predicted octanol–water partition coefficient (Wildman–Crippen LogP) is 2.66. The molecule has 0 atom stereocenters. The van der Waals surface area contributed by atoms with E-state index in [0.29, 0.717) is 0 Å². The Balaban J connectivity index is 2.08. The fourth-order valence-corrected chi connectivity index (χ4v) is 2.27. The number of aromatic nitrogens is 2. The van der Waals surface area contributed by atoms with Gasteiger partial charge in [0.2, 0.25) is 0 Å². The largest absolute Gasteiger partial charge is 0.399 e. The molecule has 2 N–H and O–H groups in total. The minimum Gasteiger partial charge on any atom is -0.399 e. The van der Waals surface area contributed by atoms with Crippen molar-refractivity contribution in [2.75, 3.05) is 5.73 Å². The standard InChI is InChI=1S/C12H13N3S/c1-9-10(3-2-4-11(9)13)7-16-12-5-6-14-8-15-12/h2-6,8H,7,13H2,1H3. The molecule has 0 saturated heterocycles. The normalized spacial score (nSPS) is 10.3. The number of nitrogen functional groups attached to an aromatic ring is 1. The Morgan fingerprint density at radius 1 is 1.31 bits per heavy atom. The van der Waals surface area contributed by atoms with Crippen molar-refractivity contribution in [3.63, 3.8) is 0 Å². The highest BCUT2D eigenvalue weighted by Crippen LogP contribution is 2.24. The number of nitrogens with two attached hydrogens (primary N) is 1. The van der Waals surface area contributed by atoms with Gasteiger partial charge in [-0.1, -0.05) is 12.1 Å². The minimum atomic E-state index is 0.848. The molecule has 0 aliphatic carbocycles. The van der Waals surface area contributed by atoms with Gasteiger partial charge in [-0.3, -0.25) is 0 Å². The van der Waals surface area contributed by atoms with Crippen molar-refractivity contribution in [2.24, 2.45) is 0 Å². The lowest BCUT2D eigenvalue weighted by molar-refractivity contribution is 1.05. The molecule has 1 aromatic carbocycles. The van der Waals surface area contributed by atoms with Gasteiger partial charge >= 0.3 is 0 Å². The molecule has 16 heavy (non-hydrogen) atoms. The van der Waals surface area contributed by atoms with Crippen LogP contribution in [-0.2, 0) is 5.75 Å². The number of thioether (sulfide) groups is 1. The van der Waals surface area contributed by atoms with Gasteiger partial charge in [-0.15, -0.1) is 11.8 Å². The third-order valence-corrected chi connectivity index (χ3v) is 3.41. The Morgan fingerprint density at radius 3 is 2.94 bits per heavy atom. The number of anilines is 1. The van der Waals surface area contributed by atoms with E-state index in [1.54, 1.807) is 24.3 Å². The zero-order chi connectivity index (χ0) is 11.4. The second kappa shape index (κ2) is 4.99. The van der Waals surface area contributed by atoms with Crippen LogP contribution in [0.15, 0.2) is 41.8 Å². The highest BCUT2D eigenvalue weighted by molar-refractivity contribution is 7.98. The Bertz CT molecular complexity index is 471. The lowest BCUT2D eigenvalue weighted by atomic mass is 10.1. The Morgan fingerprint density at radius 2 is 2.19 bits per heavy atom. The van der Waals surface area contributed by atoms with Crippen molar-refractivity contribution in [3.8, 4) is 0 Å². The number of nitrogens with zero attached hydrogens (tertiary/aromatic N) is 2. The van der Waals surface area contributed by atoms with Gasteiger partial charge in [-0.25, -0.2) is 9.97 Å². The van der Waals surface area contributed by atoms with E-state index >= 15 is 0 Å². The van der Waals surface area contributed by atoms with E-state index in [1.807, 2.05) is 25.1 Å². The van der Waals surface area contributed by atoms with E-state index in [4.69, 9.17) is 5.73 Å². The molecule has 0 unspecified atom stereocenters. The van der Waals surface area contributed by atoms with Gasteiger partial charge in [-0.05, 0) is 30.2 Å². The third-order valence-electron chi connectivity index (χ3n) is 2.42. The maximum atomic E-state index is 5.85. The first kappa shape index (κ1) is 11.0. The summed E-state index contributed by atoms with van der Waals surface area (Å²) in [6, 6.07) is 7.92. The van der Waals surface area contributed by atoms with Crippen LogP contribution in [0.3, 0.4) is 0 Å². The number of rotatable bonds is 3. The van der Waals surface area contributed by atoms with Gasteiger partial charge < -0.3 is 5.73 Å². The van der Waals surface area contributed by atoms with Crippen molar-refractivity contribution in [1.82, 2.24) is 9.97 Å². The van der Waals surface area contributed by atoms with E-state index in [2.05, 4.69) is 16.0 Å². The highest BCUT2D eigenvalue weighted by atomic mass is 32.2. The van der Waals surface area contributed by atoms with Gasteiger partial charge in [0.15, 0.2) is 0 Å². The summed E-state index contributed by atoms with van der Waals surface area (Å²) in [5.74, 6) is 0.883. The monoisotopic (exact) mass is 231 g/mol. The lowest BCUT2D eigenvalue weighted by Crippen LogP contribution is -1.94. The number of hydrogen-bond donors (Lipinski definition) is 1. The van der Waals surface area contributed by atoms with Gasteiger partial charge in [0, 0.05) is 17.6 Å². The molecule has 82 valence electrons. The zero-order valence-corrected chi connectivity index (χ0v) is 9.87. The van der Waals surface area contributed by atoms with E-state index in [-0.39, 0.29) is 0 Å². The molecule has 0 fully saturated rings. The van der Waals surface area contributed by atoms with Crippen LogP contribution >= 0.6 is 11.8 Å². The third kappa shape index (κ3) is 2.52. The summed E-state index contributed by atoms with van der Waals surface area (Å²) in [6.07, 6.45) is 3.32. The number of benzene rings is 1. The van der Waals surface area contributed by atoms with Crippen molar-refractivity contribution in [3.05, 3.63) is 47.9 Å². The Hall–Kier alpha value is -1.55. The molecule has 1 aromatic heterocycles. The fourth-order valence-electron chi connectivity index (χ4n) is 1.38. The summed E-state index contributed by atoms with van der Waals surface area (Å²) in [4.78, 5) is 8.05. The molecule has 0 aliphatic rings. The molecule has 0 saturated carbocycles. The molecular weight excluding hydrogens is 218 g/mol. The van der Waals surface area contributed by atoms with Crippen LogP contribution in [0.4, 0.5) is 5.69 Å². The molecule has 2 rings (SSSR count). The van der Waals surface area contributed by atoms with Crippen LogP contribution < -0.4 is 5.73 Å². The second-order valence-corrected chi connectivity index (χ2v) is 4.46. The van der Waals surface area contributed by atoms with Gasteiger partial charge in [0.05, 0.1) is 5.03 Å². The topological polar surface area (TPSA) is 51.8 Å². The molecule has 0 aliphatic heterocycles. The second-order valence-electron chi connectivity index (χ2n) is 3.47. The molecule has 0 spiro atoms. The van der Waals surface area contributed by atoms with Crippen LogP contribution in [0.25, 0.3) is 0 Å². The number of hydrogen-bond acceptors (Lipinski definition) is 4. The summed E-state index contributed by atoms with van der Waals surface area (Å²) in [5.41, 5.74) is 9.11. The van der Waals surface area contributed by atoms with Crippen LogP contribution in [0.5, 0.6) is 0 Å². The van der Waals surface area contributed by atoms with E-state index in [0.717, 1.165) is 22.0 Å². The Labute approximate surface area is 99.1 Å². The summed E-state index contributed by atoms with van der Waals surface area (Å²) >= 11 is 1.69. The molecule has 3 nitrogen and oxygen atoms in total. The van der Waals surface area contributed by atoms with Gasteiger partial charge in [0.25, 0.3) is 0 Å². The zero-order valence-electron chi connectivity index (χ0n) is 9.05. The maximum absolute atomic E-state index is 5.85. The average Bonchev–Trinajstić information content (AvgIpc) is 2.32. The molecule has 0 bridgehead atoms. The molecule has 0 radical (unpaired) electrons. The molecular formula is C12H13N3S. The fraction of sp³-hybridized carbons (Fsp3) is 0.167. The quantitative estimate of drug-likeness (QED) is 0.501. The lowest BCUT2D eigenvalue weighted by Gasteiger charge is -2.07. The smallest absolute Gasteiger partial charge is 0.116 e. The van der Waals surface area contributed by atoms with Crippen LogP contribution in [0.1, 0.15) is 11.1 Å². The SMILES string of the molecule is Cc1c(N)cccc1CSc1ccncn1. The first-order valence-corrected chi connectivity index (χ1v) is 5.98. The molecule has 1 heterocycles. The molecule has 4 heteroatoms. The predicted molar refractivity (Wildman–Crippen MR) is 67.2 cm³/mol. The molecule has 0 amide bonds. The van der Waals surface area contributed by atoms with Gasteiger partial charge in [0.1, 0.15) is 6.33 Å². The van der Waals surface area contributed by atoms with Crippen molar-refractivity contribution < 1.29 is 0 Å². The van der Waals surface area contributed by atoms with Gasteiger partial charge in [-0.2, -0.15) is 0 Å². The van der Waals surface area contributed by atoms with Crippen LogP contribution in [0, 0.1) is 6.92 Å². The van der Waals surface area contributed by atoms with Crippen LogP contribution in [0.2, 0.25) is 0 Å². The van der Waals surface area contributed by atoms with E-state index < -0.39 is 0 Å². The molecule has 2 aromatic rings. The van der Waals surface area contributed by atoms with Crippen molar-refractivity contribution >= 4 is 17.4 Å². The average molecular weight is 231 g/mol. The Kier molecular flexibility index (Phi) is 3.41. The summed E-state index contributed by atoms with van der Waals surface area (Å²) in [5, 5.41) is 0.983. The summed E-state index contributed by atoms with van der Waals surface area (Å²) in [7, 11) is 0. The van der Waals surface area contributed by atoms with Crippen molar-refractivity contribution in [2.45, 2.75) is 17.7 Å². The maximum Gasteiger partial charge on any atom is 0.116 e.